The van der Waals surface area contributed by atoms with Crippen molar-refractivity contribution >= 4 is 32.5 Å². The third-order valence-electron chi connectivity index (χ3n) is 6.13. The van der Waals surface area contributed by atoms with Crippen LogP contribution in [0.2, 0.25) is 0 Å². The number of benzene rings is 2. The minimum absolute atomic E-state index is 0.0479. The average Bonchev–Trinajstić information content (AvgIpc) is 3.29. The van der Waals surface area contributed by atoms with Crippen molar-refractivity contribution in [3.05, 3.63) is 87.7 Å². The molecular formula is C26H26N6OS. The van der Waals surface area contributed by atoms with Crippen LogP contribution >= 0.6 is 11.3 Å². The number of nitrogens with one attached hydrogen (secondary N) is 1. The van der Waals surface area contributed by atoms with E-state index in [4.69, 9.17) is 10.7 Å². The van der Waals surface area contributed by atoms with Gasteiger partial charge in [-0.2, -0.15) is 5.26 Å². The second-order valence-corrected chi connectivity index (χ2v) is 9.64. The van der Waals surface area contributed by atoms with E-state index in [0.717, 1.165) is 30.0 Å². The van der Waals surface area contributed by atoms with Crippen molar-refractivity contribution in [2.24, 2.45) is 5.73 Å². The zero-order valence-corrected chi connectivity index (χ0v) is 19.6. The summed E-state index contributed by atoms with van der Waals surface area (Å²) < 4.78 is 2.31. The molecule has 1 aliphatic rings. The fourth-order valence-electron chi connectivity index (χ4n) is 4.38. The highest BCUT2D eigenvalue weighted by Crippen LogP contribution is 2.29. The predicted octanol–water partition coefficient (Wildman–Crippen LogP) is 3.92. The van der Waals surface area contributed by atoms with Crippen molar-refractivity contribution in [3.8, 4) is 6.07 Å². The first-order valence-corrected chi connectivity index (χ1v) is 12.2. The zero-order chi connectivity index (χ0) is 23.5. The Morgan fingerprint density at radius 2 is 1.97 bits per heavy atom. The standard InChI is InChI=1S/C26H26N6OS/c27-14-19-9-4-5-10-20(19)16-32-25(33)24-22(30-26(32)31-12-6-11-21(28)17-31)13-23(34-24)29-15-18-7-2-1-3-8-18/h1-5,7-10,13,21,29H,6,11-12,15-17,28H2/t21-/m1/s1. The number of hydrogen-bond donors (Lipinski definition) is 2. The molecule has 1 fully saturated rings. The number of nitrogens with zero attached hydrogens (tertiary/aromatic N) is 4. The van der Waals surface area contributed by atoms with E-state index in [0.29, 0.717) is 34.8 Å². The van der Waals surface area contributed by atoms with E-state index < -0.39 is 0 Å². The Morgan fingerprint density at radius 1 is 1.18 bits per heavy atom. The van der Waals surface area contributed by atoms with Crippen LogP contribution in [0.5, 0.6) is 0 Å². The van der Waals surface area contributed by atoms with Gasteiger partial charge in [0.05, 0.1) is 28.7 Å². The molecule has 3 N–H and O–H groups in total. The molecule has 1 aliphatic heterocycles. The maximum absolute atomic E-state index is 13.7. The number of nitriles is 1. The lowest BCUT2D eigenvalue weighted by molar-refractivity contribution is 0.492. The summed E-state index contributed by atoms with van der Waals surface area (Å²) in [6.45, 7) is 2.42. The lowest BCUT2D eigenvalue weighted by Gasteiger charge is -2.33. The number of rotatable bonds is 6. The molecule has 0 saturated carbocycles. The summed E-state index contributed by atoms with van der Waals surface area (Å²) in [5.74, 6) is 0.618. The van der Waals surface area contributed by atoms with Crippen LogP contribution in [-0.4, -0.2) is 28.7 Å². The third kappa shape index (κ3) is 4.53. The molecule has 0 aliphatic carbocycles. The quantitative estimate of drug-likeness (QED) is 0.443. The van der Waals surface area contributed by atoms with Crippen molar-refractivity contribution in [2.75, 3.05) is 23.3 Å². The fraction of sp³-hybridized carbons (Fsp3) is 0.269. The smallest absolute Gasteiger partial charge is 0.273 e. The predicted molar refractivity (Wildman–Crippen MR) is 137 cm³/mol. The van der Waals surface area contributed by atoms with E-state index in [1.165, 1.54) is 16.9 Å². The third-order valence-corrected chi connectivity index (χ3v) is 7.20. The number of fused-ring (bicyclic) bond motifs is 1. The molecule has 172 valence electrons. The normalized spacial score (nSPS) is 15.9. The van der Waals surface area contributed by atoms with Crippen LogP contribution < -0.4 is 21.5 Å². The van der Waals surface area contributed by atoms with Crippen LogP contribution in [0.25, 0.3) is 10.2 Å². The average molecular weight is 471 g/mol. The van der Waals surface area contributed by atoms with E-state index in [1.54, 1.807) is 10.6 Å². The number of aromatic nitrogens is 2. The Morgan fingerprint density at radius 3 is 2.76 bits per heavy atom. The zero-order valence-electron chi connectivity index (χ0n) is 18.8. The number of hydrogen-bond acceptors (Lipinski definition) is 7. The van der Waals surface area contributed by atoms with Crippen LogP contribution in [0.1, 0.15) is 29.5 Å². The highest BCUT2D eigenvalue weighted by molar-refractivity contribution is 7.22. The second kappa shape index (κ2) is 9.67. The molecule has 0 radical (unpaired) electrons. The second-order valence-electron chi connectivity index (χ2n) is 8.58. The Hall–Kier alpha value is -3.67. The van der Waals surface area contributed by atoms with Gasteiger partial charge in [-0.25, -0.2) is 4.98 Å². The lowest BCUT2D eigenvalue weighted by Crippen LogP contribution is -2.45. The van der Waals surface area contributed by atoms with Crippen molar-refractivity contribution in [3.63, 3.8) is 0 Å². The molecule has 0 bridgehead atoms. The van der Waals surface area contributed by atoms with E-state index in [9.17, 15) is 10.1 Å². The van der Waals surface area contributed by atoms with E-state index >= 15 is 0 Å². The van der Waals surface area contributed by atoms with Crippen LogP contribution in [0, 0.1) is 11.3 Å². The van der Waals surface area contributed by atoms with Crippen LogP contribution in [-0.2, 0) is 13.1 Å². The first kappa shape index (κ1) is 22.1. The summed E-state index contributed by atoms with van der Waals surface area (Å²) >= 11 is 1.42. The first-order valence-electron chi connectivity index (χ1n) is 11.4. The minimum Gasteiger partial charge on any atom is -0.373 e. The Labute approximate surface area is 202 Å². The molecule has 1 saturated heterocycles. The summed E-state index contributed by atoms with van der Waals surface area (Å²) in [4.78, 5) is 20.8. The lowest BCUT2D eigenvalue weighted by atomic mass is 10.1. The molecule has 2 aromatic carbocycles. The molecule has 4 aromatic rings. The molecule has 34 heavy (non-hydrogen) atoms. The van der Waals surface area contributed by atoms with Crippen LogP contribution in [0.3, 0.4) is 0 Å². The highest BCUT2D eigenvalue weighted by atomic mass is 32.1. The van der Waals surface area contributed by atoms with Crippen LogP contribution in [0.15, 0.2) is 65.5 Å². The largest absolute Gasteiger partial charge is 0.373 e. The van der Waals surface area contributed by atoms with E-state index in [2.05, 4.69) is 28.4 Å². The van der Waals surface area contributed by atoms with Crippen LogP contribution in [0.4, 0.5) is 10.9 Å². The van der Waals surface area contributed by atoms with Gasteiger partial charge in [0.2, 0.25) is 5.95 Å². The van der Waals surface area contributed by atoms with Gasteiger partial charge < -0.3 is 16.0 Å². The number of piperidine rings is 1. The SMILES string of the molecule is N#Cc1ccccc1Cn1c(N2CCC[C@@H](N)C2)nc2cc(NCc3ccccc3)sc2c1=O. The number of anilines is 2. The number of nitrogens with two attached hydrogens (primary N) is 1. The number of thiophene rings is 1. The van der Waals surface area contributed by atoms with Gasteiger partial charge >= 0.3 is 0 Å². The van der Waals surface area contributed by atoms with Gasteiger partial charge in [0.15, 0.2) is 0 Å². The minimum atomic E-state index is -0.0929. The van der Waals surface area contributed by atoms with Gasteiger partial charge in [-0.15, -0.1) is 11.3 Å². The Kier molecular flexibility index (Phi) is 6.30. The van der Waals surface area contributed by atoms with Crippen molar-refractivity contribution < 1.29 is 0 Å². The van der Waals surface area contributed by atoms with E-state index in [1.807, 2.05) is 42.5 Å². The molecule has 0 unspecified atom stereocenters. The summed E-state index contributed by atoms with van der Waals surface area (Å²) in [6, 6.07) is 21.8. The molecule has 5 rings (SSSR count). The van der Waals surface area contributed by atoms with Crippen molar-refractivity contribution in [1.29, 1.82) is 5.26 Å². The Balaban J connectivity index is 1.56. The molecule has 7 nitrogen and oxygen atoms in total. The van der Waals surface area contributed by atoms with Gasteiger partial charge in [0.1, 0.15) is 4.70 Å². The highest BCUT2D eigenvalue weighted by Gasteiger charge is 2.24. The van der Waals surface area contributed by atoms with Gasteiger partial charge in [-0.05, 0) is 36.1 Å². The summed E-state index contributed by atoms with van der Waals surface area (Å²) in [7, 11) is 0. The van der Waals surface area contributed by atoms with Crippen molar-refractivity contribution in [2.45, 2.75) is 32.0 Å². The molecule has 3 heterocycles. The van der Waals surface area contributed by atoms with E-state index in [-0.39, 0.29) is 18.1 Å². The maximum atomic E-state index is 13.7. The molecule has 0 spiro atoms. The molecule has 0 amide bonds. The Bertz CT molecular complexity index is 1400. The van der Waals surface area contributed by atoms with Crippen molar-refractivity contribution in [1.82, 2.24) is 9.55 Å². The van der Waals surface area contributed by atoms with Gasteiger partial charge in [-0.1, -0.05) is 48.5 Å². The summed E-state index contributed by atoms with van der Waals surface area (Å²) in [5.41, 5.74) is 9.38. The first-order chi connectivity index (χ1) is 16.6. The topological polar surface area (TPSA) is 100.0 Å². The summed E-state index contributed by atoms with van der Waals surface area (Å²) in [6.07, 6.45) is 1.92. The monoisotopic (exact) mass is 470 g/mol. The maximum Gasteiger partial charge on any atom is 0.273 e. The molecule has 1 atom stereocenters. The molecular weight excluding hydrogens is 444 g/mol. The summed E-state index contributed by atoms with van der Waals surface area (Å²) in [5, 5.41) is 13.9. The van der Waals surface area contributed by atoms with Gasteiger partial charge in [0.25, 0.3) is 5.56 Å². The fourth-order valence-corrected chi connectivity index (χ4v) is 5.33. The van der Waals surface area contributed by atoms with Gasteiger partial charge in [-0.3, -0.25) is 9.36 Å². The molecule has 8 heteroatoms. The molecule has 2 aromatic heterocycles. The van der Waals surface area contributed by atoms with Gasteiger partial charge in [0, 0.05) is 25.7 Å².